The summed E-state index contributed by atoms with van der Waals surface area (Å²) in [5, 5.41) is 0.321. The number of sulfonamides is 1. The van der Waals surface area contributed by atoms with Gasteiger partial charge in [-0.2, -0.15) is 4.31 Å². The highest BCUT2D eigenvalue weighted by Gasteiger charge is 2.31. The number of hydrogen-bond donors (Lipinski definition) is 0. The minimum Gasteiger partial charge on any atom is -0.497 e. The minimum absolute atomic E-state index is 0.0645. The molecule has 7 nitrogen and oxygen atoms in total. The summed E-state index contributed by atoms with van der Waals surface area (Å²) >= 11 is 12.3. The van der Waals surface area contributed by atoms with Gasteiger partial charge in [-0.1, -0.05) is 53.5 Å². The molecule has 37 heavy (non-hydrogen) atoms. The molecule has 4 rings (SSSR count). The summed E-state index contributed by atoms with van der Waals surface area (Å²) in [6.45, 7) is 2.14. The maximum absolute atomic E-state index is 13.6. The molecule has 0 bridgehead atoms. The van der Waals surface area contributed by atoms with Crippen LogP contribution in [-0.4, -0.2) is 69.9 Å². The van der Waals surface area contributed by atoms with E-state index in [1.54, 1.807) is 12.0 Å². The number of carbonyl (C=O) groups excluding carboxylic acids is 1. The maximum atomic E-state index is 13.6. The van der Waals surface area contributed by atoms with Crippen molar-refractivity contribution in [1.29, 1.82) is 0 Å². The number of benzene rings is 3. The van der Waals surface area contributed by atoms with Crippen molar-refractivity contribution in [1.82, 2.24) is 9.21 Å². The van der Waals surface area contributed by atoms with E-state index in [2.05, 4.69) is 4.90 Å². The van der Waals surface area contributed by atoms with E-state index in [1.165, 1.54) is 22.5 Å². The third-order valence-electron chi connectivity index (χ3n) is 6.39. The summed E-state index contributed by atoms with van der Waals surface area (Å²) in [4.78, 5) is 17.1. The fourth-order valence-corrected chi connectivity index (χ4v) is 6.38. The van der Waals surface area contributed by atoms with E-state index in [9.17, 15) is 13.2 Å². The Morgan fingerprint density at radius 3 is 2.27 bits per heavy atom. The third kappa shape index (κ3) is 6.76. The fourth-order valence-electron chi connectivity index (χ4n) is 4.25. The molecule has 0 unspecified atom stereocenters. The van der Waals surface area contributed by atoms with Gasteiger partial charge in [-0.25, -0.2) is 8.42 Å². The van der Waals surface area contributed by atoms with Gasteiger partial charge >= 0.3 is 0 Å². The van der Waals surface area contributed by atoms with E-state index in [4.69, 9.17) is 27.9 Å². The summed E-state index contributed by atoms with van der Waals surface area (Å²) < 4.78 is 33.7. The number of halogens is 2. The van der Waals surface area contributed by atoms with Crippen LogP contribution in [0.1, 0.15) is 5.56 Å². The molecule has 1 fully saturated rings. The number of rotatable bonds is 9. The van der Waals surface area contributed by atoms with Crippen LogP contribution in [0, 0.1) is 0 Å². The van der Waals surface area contributed by atoms with E-state index in [0.29, 0.717) is 32.6 Å². The molecule has 1 aliphatic rings. The van der Waals surface area contributed by atoms with Crippen LogP contribution in [0.2, 0.25) is 10.0 Å². The average molecular weight is 563 g/mol. The Labute approximate surface area is 228 Å². The molecule has 0 N–H and O–H groups in total. The van der Waals surface area contributed by atoms with Crippen molar-refractivity contribution in [3.8, 4) is 5.75 Å². The predicted octanol–water partition coefficient (Wildman–Crippen LogP) is 4.58. The van der Waals surface area contributed by atoms with E-state index in [0.717, 1.165) is 17.0 Å². The second-order valence-electron chi connectivity index (χ2n) is 8.71. The van der Waals surface area contributed by atoms with Crippen molar-refractivity contribution >= 4 is 44.8 Å². The van der Waals surface area contributed by atoms with E-state index in [-0.39, 0.29) is 33.9 Å². The molecule has 1 saturated heterocycles. The van der Waals surface area contributed by atoms with Crippen molar-refractivity contribution in [2.24, 2.45) is 0 Å². The SMILES string of the molecule is COc1ccc(N2CCN(C(=O)CN(CCc3ccccc3)S(=O)(=O)c3cc(Cl)ccc3Cl)CC2)cc1. The minimum atomic E-state index is -4.07. The summed E-state index contributed by atoms with van der Waals surface area (Å²) in [7, 11) is -2.44. The van der Waals surface area contributed by atoms with Crippen LogP contribution in [0.25, 0.3) is 0 Å². The van der Waals surface area contributed by atoms with Crippen LogP contribution in [-0.2, 0) is 21.2 Å². The zero-order chi connectivity index (χ0) is 26.4. The Morgan fingerprint density at radius 1 is 0.946 bits per heavy atom. The third-order valence-corrected chi connectivity index (χ3v) is 8.95. The number of anilines is 1. The Morgan fingerprint density at radius 2 is 1.62 bits per heavy atom. The Hall–Kier alpha value is -2.78. The molecule has 1 amide bonds. The van der Waals surface area contributed by atoms with Gasteiger partial charge in [0.1, 0.15) is 10.6 Å². The molecule has 0 aliphatic carbocycles. The Balaban J connectivity index is 1.47. The maximum Gasteiger partial charge on any atom is 0.245 e. The van der Waals surface area contributed by atoms with Gasteiger partial charge in [0.2, 0.25) is 15.9 Å². The first kappa shape index (κ1) is 27.3. The zero-order valence-electron chi connectivity index (χ0n) is 20.5. The van der Waals surface area contributed by atoms with Crippen molar-refractivity contribution in [2.45, 2.75) is 11.3 Å². The Bertz CT molecular complexity index is 1310. The molecular formula is C27H29Cl2N3O4S. The molecular weight excluding hydrogens is 533 g/mol. The zero-order valence-corrected chi connectivity index (χ0v) is 22.8. The van der Waals surface area contributed by atoms with Crippen LogP contribution >= 0.6 is 23.2 Å². The highest BCUT2D eigenvalue weighted by Crippen LogP contribution is 2.28. The lowest BCUT2D eigenvalue weighted by atomic mass is 10.1. The average Bonchev–Trinajstić information content (AvgIpc) is 2.92. The van der Waals surface area contributed by atoms with Gasteiger partial charge in [0.05, 0.1) is 18.7 Å². The van der Waals surface area contributed by atoms with Gasteiger partial charge in [0.15, 0.2) is 0 Å². The summed E-state index contributed by atoms with van der Waals surface area (Å²) in [5.41, 5.74) is 2.02. The molecule has 0 saturated carbocycles. The van der Waals surface area contributed by atoms with Crippen LogP contribution in [0.4, 0.5) is 5.69 Å². The predicted molar refractivity (Wildman–Crippen MR) is 147 cm³/mol. The van der Waals surface area contributed by atoms with Crippen LogP contribution in [0.5, 0.6) is 5.75 Å². The molecule has 10 heteroatoms. The fraction of sp³-hybridized carbons (Fsp3) is 0.296. The molecule has 0 atom stereocenters. The highest BCUT2D eigenvalue weighted by atomic mass is 35.5. The van der Waals surface area contributed by atoms with Gasteiger partial charge in [-0.15, -0.1) is 0 Å². The van der Waals surface area contributed by atoms with Crippen molar-refractivity contribution in [2.75, 3.05) is 51.3 Å². The van der Waals surface area contributed by atoms with E-state index in [1.807, 2.05) is 54.6 Å². The molecule has 1 heterocycles. The second-order valence-corrected chi connectivity index (χ2v) is 11.5. The summed E-state index contributed by atoms with van der Waals surface area (Å²) in [6, 6.07) is 21.7. The van der Waals surface area contributed by atoms with Crippen LogP contribution < -0.4 is 9.64 Å². The van der Waals surface area contributed by atoms with E-state index < -0.39 is 10.0 Å². The van der Waals surface area contributed by atoms with Crippen molar-refractivity contribution in [3.63, 3.8) is 0 Å². The van der Waals surface area contributed by atoms with Gasteiger partial charge in [-0.05, 0) is 54.4 Å². The molecule has 3 aromatic rings. The molecule has 0 radical (unpaired) electrons. The lowest BCUT2D eigenvalue weighted by Crippen LogP contribution is -2.52. The molecule has 0 spiro atoms. The molecule has 3 aromatic carbocycles. The van der Waals surface area contributed by atoms with Gasteiger partial charge in [0.25, 0.3) is 0 Å². The number of piperazine rings is 1. The second kappa shape index (κ2) is 12.2. The van der Waals surface area contributed by atoms with Crippen LogP contribution in [0.15, 0.2) is 77.7 Å². The highest BCUT2D eigenvalue weighted by molar-refractivity contribution is 7.89. The van der Waals surface area contributed by atoms with Crippen molar-refractivity contribution in [3.05, 3.63) is 88.4 Å². The summed E-state index contributed by atoms with van der Waals surface area (Å²) in [5.74, 6) is 0.540. The van der Waals surface area contributed by atoms with Crippen LogP contribution in [0.3, 0.4) is 0 Å². The smallest absolute Gasteiger partial charge is 0.245 e. The number of carbonyl (C=O) groups is 1. The number of hydrogen-bond acceptors (Lipinski definition) is 5. The van der Waals surface area contributed by atoms with Crippen molar-refractivity contribution < 1.29 is 17.9 Å². The Kier molecular flexibility index (Phi) is 8.97. The largest absolute Gasteiger partial charge is 0.497 e. The van der Waals surface area contributed by atoms with Gasteiger partial charge < -0.3 is 14.5 Å². The topological polar surface area (TPSA) is 70.2 Å². The van der Waals surface area contributed by atoms with E-state index >= 15 is 0 Å². The van der Waals surface area contributed by atoms with Gasteiger partial charge in [0, 0.05) is 43.4 Å². The lowest BCUT2D eigenvalue weighted by molar-refractivity contribution is -0.131. The normalized spacial score (nSPS) is 14.2. The number of nitrogens with zero attached hydrogens (tertiary/aromatic N) is 3. The monoisotopic (exact) mass is 561 g/mol. The number of ether oxygens (including phenoxy) is 1. The first-order valence-corrected chi connectivity index (χ1v) is 14.1. The standard InChI is InChI=1S/C27H29Cl2N3O4S/c1-36-24-10-8-23(9-11-24)30-15-17-31(18-16-30)27(33)20-32(14-13-21-5-3-2-4-6-21)37(34,35)26-19-22(28)7-12-25(26)29/h2-12,19H,13-18,20H2,1H3. The lowest BCUT2D eigenvalue weighted by Gasteiger charge is -2.37. The molecule has 0 aromatic heterocycles. The quantitative estimate of drug-likeness (QED) is 0.382. The first-order chi connectivity index (χ1) is 17.8. The molecule has 196 valence electrons. The molecule has 1 aliphatic heterocycles. The number of amides is 1. The van der Waals surface area contributed by atoms with Gasteiger partial charge in [-0.3, -0.25) is 4.79 Å². The number of methoxy groups -OCH3 is 1. The summed E-state index contributed by atoms with van der Waals surface area (Å²) in [6.07, 6.45) is 0.455. The first-order valence-electron chi connectivity index (χ1n) is 11.9.